The highest BCUT2D eigenvalue weighted by atomic mass is 16.7. The number of ether oxygens (including phenoxy) is 4. The molecule has 23 heavy (non-hydrogen) atoms. The SMILES string of the molecule is CC/C=C\C/C=C\C/C=C\OC(=O)OCC(O)COC(=O)OC. The van der Waals surface area contributed by atoms with Crippen molar-refractivity contribution in [1.82, 2.24) is 0 Å². The predicted molar refractivity (Wildman–Crippen MR) is 83.7 cm³/mol. The second-order valence-electron chi connectivity index (χ2n) is 4.29. The van der Waals surface area contributed by atoms with E-state index in [4.69, 9.17) is 0 Å². The molecule has 0 fully saturated rings. The highest BCUT2D eigenvalue weighted by Gasteiger charge is 2.12. The largest absolute Gasteiger partial charge is 0.513 e. The summed E-state index contributed by atoms with van der Waals surface area (Å²) in [5.74, 6) is 0. The number of allylic oxidation sites excluding steroid dienone is 5. The number of aliphatic hydroxyl groups excluding tert-OH is 1. The minimum absolute atomic E-state index is 0.340. The van der Waals surface area contributed by atoms with Gasteiger partial charge in [0.25, 0.3) is 0 Å². The van der Waals surface area contributed by atoms with Crippen LogP contribution in [-0.2, 0) is 18.9 Å². The van der Waals surface area contributed by atoms with Crippen LogP contribution in [0.4, 0.5) is 9.59 Å². The van der Waals surface area contributed by atoms with Crippen molar-refractivity contribution in [2.24, 2.45) is 0 Å². The number of hydrogen-bond acceptors (Lipinski definition) is 7. The summed E-state index contributed by atoms with van der Waals surface area (Å²) in [6.45, 7) is 1.38. The Morgan fingerprint density at radius 2 is 1.52 bits per heavy atom. The third-order valence-corrected chi connectivity index (χ3v) is 2.33. The van der Waals surface area contributed by atoms with Gasteiger partial charge in [-0.2, -0.15) is 0 Å². The first-order valence-corrected chi connectivity index (χ1v) is 7.27. The monoisotopic (exact) mass is 328 g/mol. The van der Waals surface area contributed by atoms with Crippen LogP contribution in [0.1, 0.15) is 26.2 Å². The van der Waals surface area contributed by atoms with Crippen LogP contribution in [0.15, 0.2) is 36.6 Å². The van der Waals surface area contributed by atoms with E-state index in [0.29, 0.717) is 6.42 Å². The van der Waals surface area contributed by atoms with Crippen molar-refractivity contribution in [3.8, 4) is 0 Å². The lowest BCUT2D eigenvalue weighted by Crippen LogP contribution is -2.25. The molecule has 0 aromatic rings. The summed E-state index contributed by atoms with van der Waals surface area (Å²) in [4.78, 5) is 21.8. The second kappa shape index (κ2) is 14.6. The predicted octanol–water partition coefficient (Wildman–Crippen LogP) is 3.10. The molecule has 0 aliphatic heterocycles. The van der Waals surface area contributed by atoms with Gasteiger partial charge in [0.15, 0.2) is 0 Å². The number of hydrogen-bond donors (Lipinski definition) is 1. The smallest absolute Gasteiger partial charge is 0.438 e. The van der Waals surface area contributed by atoms with E-state index in [1.807, 2.05) is 12.2 Å². The molecule has 0 aliphatic rings. The first-order valence-electron chi connectivity index (χ1n) is 7.27. The summed E-state index contributed by atoms with van der Waals surface area (Å²) in [7, 11) is 1.14. The fourth-order valence-corrected chi connectivity index (χ4v) is 1.24. The highest BCUT2D eigenvalue weighted by molar-refractivity contribution is 5.60. The average Bonchev–Trinajstić information content (AvgIpc) is 2.56. The molecule has 7 heteroatoms. The molecule has 0 radical (unpaired) electrons. The van der Waals surface area contributed by atoms with Crippen molar-refractivity contribution < 1.29 is 33.6 Å². The summed E-state index contributed by atoms with van der Waals surface area (Å²) in [5.41, 5.74) is 0. The molecule has 0 rings (SSSR count). The van der Waals surface area contributed by atoms with Crippen LogP contribution < -0.4 is 0 Å². The van der Waals surface area contributed by atoms with Gasteiger partial charge < -0.3 is 24.1 Å². The van der Waals surface area contributed by atoms with Crippen LogP contribution in [0.2, 0.25) is 0 Å². The molecule has 1 unspecified atom stereocenters. The fourth-order valence-electron chi connectivity index (χ4n) is 1.24. The van der Waals surface area contributed by atoms with E-state index in [1.54, 1.807) is 6.08 Å². The van der Waals surface area contributed by atoms with E-state index in [0.717, 1.165) is 20.0 Å². The van der Waals surface area contributed by atoms with E-state index in [9.17, 15) is 14.7 Å². The molecule has 0 saturated heterocycles. The molecule has 0 spiro atoms. The molecule has 1 N–H and O–H groups in total. The zero-order valence-electron chi connectivity index (χ0n) is 13.5. The van der Waals surface area contributed by atoms with Crippen molar-refractivity contribution in [3.63, 3.8) is 0 Å². The maximum Gasteiger partial charge on any atom is 0.513 e. The molecule has 0 aromatic carbocycles. The van der Waals surface area contributed by atoms with E-state index in [2.05, 4.69) is 38.0 Å². The molecular weight excluding hydrogens is 304 g/mol. The third kappa shape index (κ3) is 14.4. The van der Waals surface area contributed by atoms with E-state index in [1.165, 1.54) is 6.26 Å². The number of aliphatic hydroxyl groups is 1. The van der Waals surface area contributed by atoms with Gasteiger partial charge >= 0.3 is 12.3 Å². The normalized spacial score (nSPS) is 12.7. The maximum atomic E-state index is 11.2. The van der Waals surface area contributed by atoms with Crippen molar-refractivity contribution in [2.45, 2.75) is 32.3 Å². The molecule has 0 aliphatic carbocycles. The summed E-state index contributed by atoms with van der Waals surface area (Å²) in [6, 6.07) is 0. The van der Waals surface area contributed by atoms with Crippen LogP contribution in [0.5, 0.6) is 0 Å². The molecule has 7 nitrogen and oxygen atoms in total. The first kappa shape index (κ1) is 20.7. The Balaban J connectivity index is 3.68. The van der Waals surface area contributed by atoms with E-state index >= 15 is 0 Å². The zero-order chi connectivity index (χ0) is 17.3. The summed E-state index contributed by atoms with van der Waals surface area (Å²) in [6.07, 6.45) is 10.5. The van der Waals surface area contributed by atoms with Gasteiger partial charge in [-0.15, -0.1) is 0 Å². The molecule has 0 saturated carbocycles. The van der Waals surface area contributed by atoms with Crippen LogP contribution in [-0.4, -0.2) is 43.8 Å². The van der Waals surface area contributed by atoms with Crippen molar-refractivity contribution >= 4 is 12.3 Å². The minimum Gasteiger partial charge on any atom is -0.438 e. The van der Waals surface area contributed by atoms with Gasteiger partial charge in [-0.1, -0.05) is 31.2 Å². The van der Waals surface area contributed by atoms with Crippen LogP contribution in [0.25, 0.3) is 0 Å². The molecule has 1 atom stereocenters. The van der Waals surface area contributed by atoms with E-state index < -0.39 is 18.4 Å². The Morgan fingerprint density at radius 3 is 2.13 bits per heavy atom. The summed E-state index contributed by atoms with van der Waals surface area (Å²) < 4.78 is 18.0. The lowest BCUT2D eigenvalue weighted by molar-refractivity contribution is -0.00748. The Labute approximate surface area is 136 Å². The standard InChI is InChI=1S/C16H24O7/c1-3-4-5-6-7-8-9-10-11-21-16(19)23-13-14(17)12-22-15(18)20-2/h4-5,7-8,10-11,14,17H,3,6,9,12-13H2,1-2H3/b5-4-,8-7-,11-10-. The summed E-state index contributed by atoms with van der Waals surface area (Å²) >= 11 is 0. The molecule has 0 heterocycles. The van der Waals surface area contributed by atoms with Crippen LogP contribution in [0, 0.1) is 0 Å². The number of carbonyl (C=O) groups is 2. The molecule has 0 amide bonds. The Morgan fingerprint density at radius 1 is 0.957 bits per heavy atom. The van der Waals surface area contributed by atoms with Gasteiger partial charge in [0.05, 0.1) is 13.4 Å². The highest BCUT2D eigenvalue weighted by Crippen LogP contribution is 1.95. The Bertz CT molecular complexity index is 413. The van der Waals surface area contributed by atoms with Gasteiger partial charge in [0.2, 0.25) is 0 Å². The lowest BCUT2D eigenvalue weighted by Gasteiger charge is -2.10. The molecular formula is C16H24O7. The second-order valence-corrected chi connectivity index (χ2v) is 4.29. The number of methoxy groups -OCH3 is 1. The minimum atomic E-state index is -1.15. The molecule has 130 valence electrons. The topological polar surface area (TPSA) is 91.3 Å². The van der Waals surface area contributed by atoms with Crippen molar-refractivity contribution in [1.29, 1.82) is 0 Å². The number of carbonyl (C=O) groups excluding carboxylic acids is 2. The fraction of sp³-hybridized carbons (Fsp3) is 0.500. The first-order chi connectivity index (χ1) is 11.1. The Kier molecular flexibility index (Phi) is 13.2. The maximum absolute atomic E-state index is 11.2. The molecule has 0 bridgehead atoms. The van der Waals surface area contributed by atoms with Gasteiger partial charge in [-0.25, -0.2) is 9.59 Å². The van der Waals surface area contributed by atoms with Crippen molar-refractivity contribution in [2.75, 3.05) is 20.3 Å². The van der Waals surface area contributed by atoms with Gasteiger partial charge in [-0.3, -0.25) is 0 Å². The molecule has 0 aromatic heterocycles. The zero-order valence-corrected chi connectivity index (χ0v) is 13.5. The lowest BCUT2D eigenvalue weighted by atomic mass is 10.3. The van der Waals surface area contributed by atoms with Crippen LogP contribution >= 0.6 is 0 Å². The number of rotatable bonds is 10. The summed E-state index contributed by atoms with van der Waals surface area (Å²) in [5, 5.41) is 9.37. The van der Waals surface area contributed by atoms with Crippen LogP contribution in [0.3, 0.4) is 0 Å². The third-order valence-electron chi connectivity index (χ3n) is 2.33. The van der Waals surface area contributed by atoms with Gasteiger partial charge in [0.1, 0.15) is 19.3 Å². The quantitative estimate of drug-likeness (QED) is 0.374. The van der Waals surface area contributed by atoms with Gasteiger partial charge in [0, 0.05) is 0 Å². The average molecular weight is 328 g/mol. The van der Waals surface area contributed by atoms with E-state index in [-0.39, 0.29) is 13.2 Å². The van der Waals surface area contributed by atoms with Crippen molar-refractivity contribution in [3.05, 3.63) is 36.6 Å². The van der Waals surface area contributed by atoms with Gasteiger partial charge in [-0.05, 0) is 25.3 Å². The Hall–Kier alpha value is -2.28.